The van der Waals surface area contributed by atoms with Gasteiger partial charge in [-0.05, 0) is 42.9 Å². The third-order valence-corrected chi connectivity index (χ3v) is 4.57. The molecule has 1 aromatic rings. The van der Waals surface area contributed by atoms with Crippen LogP contribution in [-0.4, -0.2) is 28.6 Å². The molecule has 1 N–H and O–H groups in total. The van der Waals surface area contributed by atoms with Crippen molar-refractivity contribution in [1.82, 2.24) is 4.90 Å². The molecule has 110 valence electrons. The molecule has 0 amide bonds. The fourth-order valence-corrected chi connectivity index (χ4v) is 3.15. The average molecular weight is 275 g/mol. The number of aliphatic carboxylic acids is 1. The highest BCUT2D eigenvalue weighted by Crippen LogP contribution is 2.33. The van der Waals surface area contributed by atoms with Gasteiger partial charge in [-0.25, -0.2) is 0 Å². The van der Waals surface area contributed by atoms with E-state index in [0.717, 1.165) is 13.0 Å². The van der Waals surface area contributed by atoms with Crippen LogP contribution in [0, 0.1) is 5.92 Å². The minimum Gasteiger partial charge on any atom is -0.480 e. The molecule has 3 unspecified atom stereocenters. The fourth-order valence-electron chi connectivity index (χ4n) is 3.15. The molecule has 1 heterocycles. The van der Waals surface area contributed by atoms with Crippen LogP contribution in [0.25, 0.3) is 0 Å². The van der Waals surface area contributed by atoms with E-state index < -0.39 is 5.97 Å². The van der Waals surface area contributed by atoms with E-state index in [-0.39, 0.29) is 18.0 Å². The van der Waals surface area contributed by atoms with Crippen LogP contribution in [0.4, 0.5) is 0 Å². The van der Waals surface area contributed by atoms with Gasteiger partial charge in [-0.3, -0.25) is 9.69 Å². The third kappa shape index (κ3) is 2.88. The average Bonchev–Trinajstić information content (AvgIpc) is 2.80. The fraction of sp³-hybridized carbons (Fsp3) is 0.588. The summed E-state index contributed by atoms with van der Waals surface area (Å²) >= 11 is 0. The lowest BCUT2D eigenvalue weighted by Gasteiger charge is -2.30. The van der Waals surface area contributed by atoms with Gasteiger partial charge in [-0.15, -0.1) is 0 Å². The van der Waals surface area contributed by atoms with E-state index in [1.807, 2.05) is 6.92 Å². The molecule has 0 bridgehead atoms. The molecule has 1 aliphatic heterocycles. The Kier molecular flexibility index (Phi) is 4.48. The lowest BCUT2D eigenvalue weighted by Crippen LogP contribution is -2.40. The van der Waals surface area contributed by atoms with Crippen molar-refractivity contribution < 1.29 is 9.90 Å². The van der Waals surface area contributed by atoms with Crippen molar-refractivity contribution in [1.29, 1.82) is 0 Å². The van der Waals surface area contributed by atoms with Crippen molar-refractivity contribution in [2.45, 2.75) is 52.1 Å². The Morgan fingerprint density at radius 1 is 1.20 bits per heavy atom. The van der Waals surface area contributed by atoms with Gasteiger partial charge in [-0.1, -0.05) is 45.0 Å². The summed E-state index contributed by atoms with van der Waals surface area (Å²) in [7, 11) is 0. The van der Waals surface area contributed by atoms with Gasteiger partial charge < -0.3 is 5.11 Å². The number of hydrogen-bond donors (Lipinski definition) is 1. The summed E-state index contributed by atoms with van der Waals surface area (Å²) in [6, 6.07) is 8.40. The molecule has 1 saturated heterocycles. The molecule has 0 aromatic heterocycles. The molecule has 3 atom stereocenters. The zero-order valence-corrected chi connectivity index (χ0v) is 12.8. The molecule has 3 heteroatoms. The van der Waals surface area contributed by atoms with E-state index in [2.05, 4.69) is 49.9 Å². The van der Waals surface area contributed by atoms with E-state index >= 15 is 0 Å². The number of carbonyl (C=O) groups is 1. The predicted octanol–water partition coefficient (Wildman–Crippen LogP) is 3.67. The molecule has 0 aliphatic carbocycles. The second kappa shape index (κ2) is 5.96. The van der Waals surface area contributed by atoms with Gasteiger partial charge in [0.2, 0.25) is 0 Å². The van der Waals surface area contributed by atoms with E-state index in [1.54, 1.807) is 0 Å². The summed E-state index contributed by atoms with van der Waals surface area (Å²) in [6.45, 7) is 9.37. The van der Waals surface area contributed by atoms with Crippen LogP contribution < -0.4 is 0 Å². The van der Waals surface area contributed by atoms with Crippen LogP contribution in [0.3, 0.4) is 0 Å². The van der Waals surface area contributed by atoms with E-state index in [9.17, 15) is 9.90 Å². The van der Waals surface area contributed by atoms with E-state index in [1.165, 1.54) is 11.1 Å². The molecule has 1 fully saturated rings. The molecule has 1 aromatic carbocycles. The van der Waals surface area contributed by atoms with Gasteiger partial charge in [-0.2, -0.15) is 0 Å². The highest BCUT2D eigenvalue weighted by atomic mass is 16.4. The molecule has 0 saturated carbocycles. The Labute approximate surface area is 121 Å². The maximum absolute atomic E-state index is 11.5. The summed E-state index contributed by atoms with van der Waals surface area (Å²) in [4.78, 5) is 13.6. The van der Waals surface area contributed by atoms with E-state index in [4.69, 9.17) is 0 Å². The van der Waals surface area contributed by atoms with E-state index in [0.29, 0.717) is 5.92 Å². The highest BCUT2D eigenvalue weighted by molar-refractivity contribution is 5.74. The van der Waals surface area contributed by atoms with Crippen LogP contribution >= 0.6 is 0 Å². The summed E-state index contributed by atoms with van der Waals surface area (Å²) in [5.41, 5.74) is 2.53. The van der Waals surface area contributed by atoms with Crippen molar-refractivity contribution in [3.63, 3.8) is 0 Å². The molecular formula is C17H25NO2. The molecule has 2 rings (SSSR count). The maximum Gasteiger partial charge on any atom is 0.321 e. The van der Waals surface area contributed by atoms with Crippen molar-refractivity contribution >= 4 is 5.97 Å². The van der Waals surface area contributed by atoms with Gasteiger partial charge in [0.15, 0.2) is 0 Å². The number of carboxylic acids is 1. The van der Waals surface area contributed by atoms with Crippen LogP contribution in [0.15, 0.2) is 24.3 Å². The lowest BCUT2D eigenvalue weighted by atomic mass is 9.98. The van der Waals surface area contributed by atoms with Gasteiger partial charge >= 0.3 is 5.97 Å². The zero-order chi connectivity index (χ0) is 14.9. The Morgan fingerprint density at radius 2 is 1.75 bits per heavy atom. The van der Waals surface area contributed by atoms with Gasteiger partial charge in [0.25, 0.3) is 0 Å². The van der Waals surface area contributed by atoms with Gasteiger partial charge in [0.1, 0.15) is 6.04 Å². The number of benzene rings is 1. The number of rotatable bonds is 4. The van der Waals surface area contributed by atoms with Gasteiger partial charge in [0.05, 0.1) is 0 Å². The first-order valence-corrected chi connectivity index (χ1v) is 7.50. The van der Waals surface area contributed by atoms with Crippen molar-refractivity contribution in [2.75, 3.05) is 6.54 Å². The largest absolute Gasteiger partial charge is 0.480 e. The second-order valence-corrected chi connectivity index (χ2v) is 6.28. The Balaban J connectivity index is 2.18. The number of likely N-dealkylation sites (tertiary alicyclic amines) is 1. The maximum atomic E-state index is 11.5. The smallest absolute Gasteiger partial charge is 0.321 e. The molecule has 0 radical (unpaired) electrons. The first-order chi connectivity index (χ1) is 9.41. The minimum absolute atomic E-state index is 0.155. The molecule has 1 aliphatic rings. The highest BCUT2D eigenvalue weighted by Gasteiger charge is 2.39. The standard InChI is InChI=1S/C17H25NO2/c1-11(2)14-5-7-15(8-6-14)13(4)18-10-9-12(3)16(18)17(19)20/h5-8,11-13,16H,9-10H2,1-4H3,(H,19,20). The zero-order valence-electron chi connectivity index (χ0n) is 12.8. The number of carboxylic acid groups (broad SMARTS) is 1. The summed E-state index contributed by atoms with van der Waals surface area (Å²) in [5, 5.41) is 9.43. The van der Waals surface area contributed by atoms with Crippen LogP contribution in [0.2, 0.25) is 0 Å². The normalized spacial score (nSPS) is 25.1. The Morgan fingerprint density at radius 3 is 2.25 bits per heavy atom. The number of hydrogen-bond acceptors (Lipinski definition) is 2. The van der Waals surface area contributed by atoms with Crippen molar-refractivity contribution in [3.8, 4) is 0 Å². The summed E-state index contributed by atoms with van der Waals surface area (Å²) < 4.78 is 0. The van der Waals surface area contributed by atoms with Gasteiger partial charge in [0, 0.05) is 6.04 Å². The monoisotopic (exact) mass is 275 g/mol. The minimum atomic E-state index is -0.694. The Bertz CT molecular complexity index is 466. The molecule has 3 nitrogen and oxygen atoms in total. The predicted molar refractivity (Wildman–Crippen MR) is 80.9 cm³/mol. The van der Waals surface area contributed by atoms with Crippen LogP contribution in [-0.2, 0) is 4.79 Å². The second-order valence-electron chi connectivity index (χ2n) is 6.28. The topological polar surface area (TPSA) is 40.5 Å². The summed E-state index contributed by atoms with van der Waals surface area (Å²) in [6.07, 6.45) is 0.964. The first-order valence-electron chi connectivity index (χ1n) is 7.50. The summed E-state index contributed by atoms with van der Waals surface area (Å²) in [5.74, 6) is 0.0588. The quantitative estimate of drug-likeness (QED) is 0.911. The van der Waals surface area contributed by atoms with Crippen molar-refractivity contribution in [2.24, 2.45) is 5.92 Å². The van der Waals surface area contributed by atoms with Crippen molar-refractivity contribution in [3.05, 3.63) is 35.4 Å². The third-order valence-electron chi connectivity index (χ3n) is 4.57. The Hall–Kier alpha value is -1.35. The molecule has 20 heavy (non-hydrogen) atoms. The first kappa shape index (κ1) is 15.0. The molecule has 0 spiro atoms. The SMILES string of the molecule is CC(C)c1ccc(C(C)N2CCC(C)C2C(=O)O)cc1. The van der Waals surface area contributed by atoms with Crippen LogP contribution in [0.1, 0.15) is 57.2 Å². The van der Waals surface area contributed by atoms with Crippen LogP contribution in [0.5, 0.6) is 0 Å². The number of nitrogens with zero attached hydrogens (tertiary/aromatic N) is 1. The molecular weight excluding hydrogens is 250 g/mol. The lowest BCUT2D eigenvalue weighted by molar-refractivity contribution is -0.144.